The number of hydrogen-bond acceptors (Lipinski definition) is 4. The molecule has 3 aromatic rings. The molecule has 128 valence electrons. The Hall–Kier alpha value is -2.86. The van der Waals surface area contributed by atoms with Gasteiger partial charge in [-0.25, -0.2) is 4.98 Å². The van der Waals surface area contributed by atoms with E-state index in [-0.39, 0.29) is 5.91 Å². The maximum absolute atomic E-state index is 11.8. The zero-order chi connectivity index (χ0) is 17.2. The lowest BCUT2D eigenvalue weighted by Gasteiger charge is -2.31. The van der Waals surface area contributed by atoms with Gasteiger partial charge < -0.3 is 20.4 Å². The molecular formula is C19H21N5O. The normalized spacial score (nSPS) is 14.8. The van der Waals surface area contributed by atoms with Crippen LogP contribution in [0.1, 0.15) is 21.6 Å². The van der Waals surface area contributed by atoms with Crippen molar-refractivity contribution in [3.63, 3.8) is 0 Å². The average molecular weight is 335 g/mol. The highest BCUT2D eigenvalue weighted by Gasteiger charge is 2.18. The summed E-state index contributed by atoms with van der Waals surface area (Å²) in [6.45, 7) is 3.57. The van der Waals surface area contributed by atoms with E-state index in [1.165, 1.54) is 0 Å². The third kappa shape index (κ3) is 3.21. The summed E-state index contributed by atoms with van der Waals surface area (Å²) in [5.74, 6) is -0.382. The highest BCUT2D eigenvalue weighted by atomic mass is 16.1. The van der Waals surface area contributed by atoms with Crippen LogP contribution in [0.2, 0.25) is 0 Å². The second-order valence-electron chi connectivity index (χ2n) is 6.33. The van der Waals surface area contributed by atoms with Crippen LogP contribution in [-0.4, -0.2) is 41.5 Å². The summed E-state index contributed by atoms with van der Waals surface area (Å²) in [4.78, 5) is 18.7. The van der Waals surface area contributed by atoms with Crippen LogP contribution in [-0.2, 0) is 6.42 Å². The van der Waals surface area contributed by atoms with Crippen molar-refractivity contribution in [3.8, 4) is 0 Å². The molecule has 0 bridgehead atoms. The molecule has 6 heteroatoms. The molecule has 0 saturated carbocycles. The number of fused-ring (bicyclic) bond motifs is 1. The fourth-order valence-corrected chi connectivity index (χ4v) is 3.34. The second kappa shape index (κ2) is 6.57. The van der Waals surface area contributed by atoms with Crippen LogP contribution in [0.4, 0.5) is 5.69 Å². The number of aromatic nitrogens is 2. The standard InChI is InChI=1S/C19H21N5O/c20-19(25)16-5-4-14(12-17(16)23-9-6-21-7-10-23)11-15-13-24-8-2-1-3-18(24)22-15/h1-5,8,12-13,21H,6-7,9-11H2,(H2,20,25). The number of pyridine rings is 1. The van der Waals surface area contributed by atoms with Gasteiger partial charge in [0.1, 0.15) is 5.65 Å². The zero-order valence-corrected chi connectivity index (χ0v) is 14.0. The number of amides is 1. The number of benzene rings is 1. The van der Waals surface area contributed by atoms with Gasteiger partial charge in [0.15, 0.2) is 0 Å². The molecule has 0 aliphatic carbocycles. The minimum absolute atomic E-state index is 0.382. The van der Waals surface area contributed by atoms with Crippen LogP contribution < -0.4 is 16.0 Å². The molecule has 1 fully saturated rings. The third-order valence-corrected chi connectivity index (χ3v) is 4.58. The molecule has 2 aromatic heterocycles. The summed E-state index contributed by atoms with van der Waals surface area (Å²) < 4.78 is 2.02. The highest BCUT2D eigenvalue weighted by Crippen LogP contribution is 2.24. The van der Waals surface area contributed by atoms with Gasteiger partial charge in [0.25, 0.3) is 5.91 Å². The van der Waals surface area contributed by atoms with Gasteiger partial charge in [0.2, 0.25) is 0 Å². The first-order valence-electron chi connectivity index (χ1n) is 8.52. The Morgan fingerprint density at radius 2 is 2.04 bits per heavy atom. The van der Waals surface area contributed by atoms with E-state index in [0.717, 1.165) is 55.2 Å². The quantitative estimate of drug-likeness (QED) is 0.756. The van der Waals surface area contributed by atoms with E-state index in [9.17, 15) is 4.79 Å². The van der Waals surface area contributed by atoms with Crippen molar-refractivity contribution in [1.29, 1.82) is 0 Å². The molecule has 0 radical (unpaired) electrons. The van der Waals surface area contributed by atoms with Crippen molar-refractivity contribution in [2.45, 2.75) is 6.42 Å². The largest absolute Gasteiger partial charge is 0.368 e. The first kappa shape index (κ1) is 15.7. The van der Waals surface area contributed by atoms with E-state index in [0.29, 0.717) is 5.56 Å². The van der Waals surface area contributed by atoms with E-state index >= 15 is 0 Å². The number of carbonyl (C=O) groups is 1. The van der Waals surface area contributed by atoms with Crippen LogP contribution in [0.25, 0.3) is 5.65 Å². The van der Waals surface area contributed by atoms with E-state index in [1.54, 1.807) is 0 Å². The van der Waals surface area contributed by atoms with Gasteiger partial charge in [0.05, 0.1) is 11.3 Å². The van der Waals surface area contributed by atoms with E-state index in [1.807, 2.05) is 47.1 Å². The minimum atomic E-state index is -0.382. The summed E-state index contributed by atoms with van der Waals surface area (Å²) in [5.41, 5.74) is 10.2. The Morgan fingerprint density at radius 1 is 1.20 bits per heavy atom. The monoisotopic (exact) mass is 335 g/mol. The van der Waals surface area contributed by atoms with Crippen molar-refractivity contribution in [3.05, 3.63) is 65.6 Å². The second-order valence-corrected chi connectivity index (χ2v) is 6.33. The molecule has 1 amide bonds. The van der Waals surface area contributed by atoms with Gasteiger partial charge in [-0.05, 0) is 29.8 Å². The fourth-order valence-electron chi connectivity index (χ4n) is 3.34. The van der Waals surface area contributed by atoms with E-state index < -0.39 is 0 Å². The summed E-state index contributed by atoms with van der Waals surface area (Å²) in [5, 5.41) is 3.33. The summed E-state index contributed by atoms with van der Waals surface area (Å²) >= 11 is 0. The summed E-state index contributed by atoms with van der Waals surface area (Å²) in [6.07, 6.45) is 4.76. The molecule has 0 unspecified atom stereocenters. The Labute approximate surface area is 146 Å². The molecule has 4 rings (SSSR count). The van der Waals surface area contributed by atoms with Crippen molar-refractivity contribution < 1.29 is 4.79 Å². The van der Waals surface area contributed by atoms with Crippen molar-refractivity contribution >= 4 is 17.2 Å². The number of imidazole rings is 1. The van der Waals surface area contributed by atoms with Gasteiger partial charge in [0, 0.05) is 50.7 Å². The fraction of sp³-hybridized carbons (Fsp3) is 0.263. The zero-order valence-electron chi connectivity index (χ0n) is 14.0. The summed E-state index contributed by atoms with van der Waals surface area (Å²) in [7, 11) is 0. The highest BCUT2D eigenvalue weighted by molar-refractivity contribution is 5.98. The molecule has 0 atom stereocenters. The molecule has 1 aliphatic rings. The maximum Gasteiger partial charge on any atom is 0.250 e. The number of piperazine rings is 1. The van der Waals surface area contributed by atoms with Gasteiger partial charge in [-0.2, -0.15) is 0 Å². The maximum atomic E-state index is 11.8. The van der Waals surface area contributed by atoms with Crippen LogP contribution in [0.5, 0.6) is 0 Å². The average Bonchev–Trinajstić information content (AvgIpc) is 3.04. The van der Waals surface area contributed by atoms with Crippen molar-refractivity contribution in [1.82, 2.24) is 14.7 Å². The predicted octanol–water partition coefficient (Wildman–Crippen LogP) is 1.43. The molecule has 1 aliphatic heterocycles. The van der Waals surface area contributed by atoms with Gasteiger partial charge in [-0.1, -0.05) is 12.1 Å². The third-order valence-electron chi connectivity index (χ3n) is 4.58. The number of anilines is 1. The molecule has 6 nitrogen and oxygen atoms in total. The minimum Gasteiger partial charge on any atom is -0.368 e. The lowest BCUT2D eigenvalue weighted by molar-refractivity contribution is 0.100. The molecule has 0 spiro atoms. The Bertz CT molecular complexity index is 878. The molecule has 3 N–H and O–H groups in total. The molecule has 1 saturated heterocycles. The van der Waals surface area contributed by atoms with Crippen LogP contribution in [0, 0.1) is 0 Å². The van der Waals surface area contributed by atoms with Gasteiger partial charge >= 0.3 is 0 Å². The predicted molar refractivity (Wildman–Crippen MR) is 98.0 cm³/mol. The molecule has 1 aromatic carbocycles. The number of rotatable bonds is 4. The van der Waals surface area contributed by atoms with Crippen molar-refractivity contribution in [2.75, 3.05) is 31.1 Å². The summed E-state index contributed by atoms with van der Waals surface area (Å²) in [6, 6.07) is 11.8. The van der Waals surface area contributed by atoms with Crippen LogP contribution in [0.15, 0.2) is 48.8 Å². The Morgan fingerprint density at radius 3 is 2.80 bits per heavy atom. The number of nitrogens with one attached hydrogen (secondary N) is 1. The lowest BCUT2D eigenvalue weighted by atomic mass is 10.0. The number of primary amides is 1. The van der Waals surface area contributed by atoms with Crippen molar-refractivity contribution in [2.24, 2.45) is 5.73 Å². The first-order chi connectivity index (χ1) is 12.2. The molecule has 3 heterocycles. The number of hydrogen-bond donors (Lipinski definition) is 2. The number of nitrogens with two attached hydrogens (primary N) is 1. The van der Waals surface area contributed by atoms with Crippen LogP contribution in [0.3, 0.4) is 0 Å². The van der Waals surface area contributed by atoms with Gasteiger partial charge in [-0.3, -0.25) is 4.79 Å². The van der Waals surface area contributed by atoms with E-state index in [4.69, 9.17) is 5.73 Å². The number of carbonyl (C=O) groups excluding carboxylic acids is 1. The first-order valence-corrected chi connectivity index (χ1v) is 8.52. The molecule has 25 heavy (non-hydrogen) atoms. The Kier molecular flexibility index (Phi) is 4.11. The topological polar surface area (TPSA) is 75.7 Å². The lowest BCUT2D eigenvalue weighted by Crippen LogP contribution is -2.44. The van der Waals surface area contributed by atoms with E-state index in [2.05, 4.69) is 21.3 Å². The molecular weight excluding hydrogens is 314 g/mol. The van der Waals surface area contributed by atoms with Crippen LogP contribution >= 0.6 is 0 Å². The Balaban J connectivity index is 1.66. The number of nitrogens with zero attached hydrogens (tertiary/aromatic N) is 3. The SMILES string of the molecule is NC(=O)c1ccc(Cc2cn3ccccc3n2)cc1N1CCNCC1. The smallest absolute Gasteiger partial charge is 0.250 e. The van der Waals surface area contributed by atoms with Gasteiger partial charge in [-0.15, -0.1) is 0 Å².